The topological polar surface area (TPSA) is 59.4 Å². The molecule has 1 heterocycles. The summed E-state index contributed by atoms with van der Waals surface area (Å²) >= 11 is 1.40. The van der Waals surface area contributed by atoms with Crippen LogP contribution < -0.4 is 4.74 Å². The van der Waals surface area contributed by atoms with Gasteiger partial charge in [0.2, 0.25) is 0 Å². The highest BCUT2D eigenvalue weighted by Gasteiger charge is 2.39. The molecule has 0 fully saturated rings. The van der Waals surface area contributed by atoms with Gasteiger partial charge in [0, 0.05) is 5.56 Å². The van der Waals surface area contributed by atoms with Gasteiger partial charge in [0.25, 0.3) is 0 Å². The van der Waals surface area contributed by atoms with Crippen LogP contribution in [-0.4, -0.2) is 16.1 Å². The maximum Gasteiger partial charge on any atom is 0.416 e. The fourth-order valence-electron chi connectivity index (χ4n) is 4.32. The van der Waals surface area contributed by atoms with Crippen LogP contribution in [0.5, 0.6) is 5.75 Å². The number of hydrogen-bond donors (Lipinski definition) is 1. The number of rotatable bonds is 6. The van der Waals surface area contributed by atoms with Gasteiger partial charge in [-0.25, -0.2) is 4.98 Å². The van der Waals surface area contributed by atoms with Crippen molar-refractivity contribution in [1.29, 1.82) is 0 Å². The highest BCUT2D eigenvalue weighted by molar-refractivity contribution is 7.15. The Bertz CT molecular complexity index is 1290. The van der Waals surface area contributed by atoms with Crippen molar-refractivity contribution in [1.82, 2.24) is 4.98 Å². The number of nitrogens with zero attached hydrogens (tertiary/aromatic N) is 1. The number of allylic oxidation sites excluding steroid dienone is 1. The van der Waals surface area contributed by atoms with Gasteiger partial charge in [0.05, 0.1) is 21.5 Å². The van der Waals surface area contributed by atoms with E-state index in [1.165, 1.54) is 23.5 Å². The van der Waals surface area contributed by atoms with E-state index < -0.39 is 23.1 Å². The number of fused-ring (bicyclic) bond motifs is 1. The van der Waals surface area contributed by atoms with Crippen molar-refractivity contribution in [2.45, 2.75) is 46.9 Å². The van der Waals surface area contributed by atoms with Crippen LogP contribution in [0.2, 0.25) is 0 Å². The van der Waals surface area contributed by atoms with Crippen LogP contribution in [0.3, 0.4) is 0 Å². The third-order valence-corrected chi connectivity index (χ3v) is 7.80. The van der Waals surface area contributed by atoms with E-state index in [1.807, 2.05) is 38.1 Å². The smallest absolute Gasteiger partial charge is 0.416 e. The fraction of sp³-hybridized carbons (Fsp3) is 0.333. The number of aromatic nitrogens is 1. The molecule has 1 aliphatic rings. The molecular formula is C27H26F3NO3S. The van der Waals surface area contributed by atoms with Crippen molar-refractivity contribution in [3.05, 3.63) is 75.3 Å². The third kappa shape index (κ3) is 5.12. The molecule has 184 valence electrons. The van der Waals surface area contributed by atoms with Gasteiger partial charge in [-0.15, -0.1) is 11.3 Å². The van der Waals surface area contributed by atoms with Crippen molar-refractivity contribution in [3.63, 3.8) is 0 Å². The zero-order chi connectivity index (χ0) is 25.5. The Labute approximate surface area is 206 Å². The molecule has 0 radical (unpaired) electrons. The second kappa shape index (κ2) is 9.15. The Morgan fingerprint density at radius 1 is 1.14 bits per heavy atom. The van der Waals surface area contributed by atoms with E-state index in [4.69, 9.17) is 4.74 Å². The van der Waals surface area contributed by atoms with Crippen molar-refractivity contribution in [2.75, 3.05) is 0 Å². The predicted molar refractivity (Wildman–Crippen MR) is 130 cm³/mol. The number of carbonyl (C=O) groups is 1. The largest absolute Gasteiger partial charge is 0.488 e. The monoisotopic (exact) mass is 501 g/mol. The lowest BCUT2D eigenvalue weighted by atomic mass is 9.69. The second-order valence-electron chi connectivity index (χ2n) is 9.42. The average molecular weight is 502 g/mol. The number of alkyl halides is 3. The van der Waals surface area contributed by atoms with E-state index in [2.05, 4.69) is 4.98 Å². The minimum Gasteiger partial charge on any atom is -0.488 e. The molecule has 1 unspecified atom stereocenters. The van der Waals surface area contributed by atoms with E-state index in [0.717, 1.165) is 39.4 Å². The minimum absolute atomic E-state index is 0.0808. The quantitative estimate of drug-likeness (QED) is 0.382. The average Bonchev–Trinajstić information content (AvgIpc) is 3.16. The molecular weight excluding hydrogens is 475 g/mol. The van der Waals surface area contributed by atoms with Gasteiger partial charge in [-0.3, -0.25) is 4.79 Å². The molecule has 1 N–H and O–H groups in total. The number of ether oxygens (including phenoxy) is 1. The molecule has 0 amide bonds. The van der Waals surface area contributed by atoms with Gasteiger partial charge in [-0.2, -0.15) is 13.2 Å². The Hall–Kier alpha value is -3.13. The zero-order valence-corrected chi connectivity index (χ0v) is 20.7. The second-order valence-corrected chi connectivity index (χ2v) is 10.5. The lowest BCUT2D eigenvalue weighted by molar-refractivity contribution is -0.149. The van der Waals surface area contributed by atoms with Crippen molar-refractivity contribution in [2.24, 2.45) is 11.3 Å². The molecule has 8 heteroatoms. The normalized spacial score (nSPS) is 16.0. The summed E-state index contributed by atoms with van der Waals surface area (Å²) in [4.78, 5) is 17.1. The van der Waals surface area contributed by atoms with E-state index >= 15 is 0 Å². The van der Waals surface area contributed by atoms with Crippen LogP contribution in [0.4, 0.5) is 13.2 Å². The third-order valence-electron chi connectivity index (χ3n) is 6.62. The first-order valence-electron chi connectivity index (χ1n) is 11.2. The number of carboxylic acid groups (broad SMARTS) is 1. The summed E-state index contributed by atoms with van der Waals surface area (Å²) in [5.41, 5.74) is 2.99. The molecule has 0 spiro atoms. The fourth-order valence-corrected chi connectivity index (χ4v) is 5.30. The number of benzene rings is 2. The Morgan fingerprint density at radius 3 is 2.46 bits per heavy atom. The van der Waals surface area contributed by atoms with Crippen LogP contribution in [0.1, 0.15) is 48.0 Å². The van der Waals surface area contributed by atoms with Crippen LogP contribution in [0.25, 0.3) is 16.6 Å². The molecule has 3 aromatic rings. The molecule has 4 rings (SSSR count). The first-order chi connectivity index (χ1) is 16.4. The summed E-state index contributed by atoms with van der Waals surface area (Å²) in [6.45, 7) is 7.63. The van der Waals surface area contributed by atoms with Crippen molar-refractivity contribution in [3.8, 4) is 16.3 Å². The van der Waals surface area contributed by atoms with Gasteiger partial charge in [-0.1, -0.05) is 29.8 Å². The molecule has 2 aromatic carbocycles. The summed E-state index contributed by atoms with van der Waals surface area (Å²) in [6, 6.07) is 10.8. The van der Waals surface area contributed by atoms with E-state index in [1.54, 1.807) is 13.8 Å². The summed E-state index contributed by atoms with van der Waals surface area (Å²) in [5, 5.41) is 10.3. The molecule has 35 heavy (non-hydrogen) atoms. The van der Waals surface area contributed by atoms with Crippen LogP contribution in [0, 0.1) is 18.3 Å². The zero-order valence-electron chi connectivity index (χ0n) is 19.9. The highest BCUT2D eigenvalue weighted by atomic mass is 32.1. The molecule has 0 bridgehead atoms. The van der Waals surface area contributed by atoms with Gasteiger partial charge in [0.1, 0.15) is 17.4 Å². The molecule has 1 aromatic heterocycles. The Balaban J connectivity index is 1.48. The number of aryl methyl sites for hydroxylation is 1. The van der Waals surface area contributed by atoms with Gasteiger partial charge < -0.3 is 9.84 Å². The molecule has 1 aliphatic carbocycles. The maximum absolute atomic E-state index is 12.8. The minimum atomic E-state index is -4.37. The first-order valence-corrected chi connectivity index (χ1v) is 12.0. The Kier molecular flexibility index (Phi) is 6.53. The lowest BCUT2D eigenvalue weighted by Crippen LogP contribution is -2.36. The number of halogens is 3. The number of aliphatic carboxylic acids is 1. The maximum atomic E-state index is 12.8. The van der Waals surface area contributed by atoms with Crippen LogP contribution in [0.15, 0.2) is 48.0 Å². The molecule has 1 atom stereocenters. The molecule has 0 aliphatic heterocycles. The van der Waals surface area contributed by atoms with Crippen molar-refractivity contribution < 1.29 is 27.8 Å². The summed E-state index contributed by atoms with van der Waals surface area (Å²) in [7, 11) is 0. The van der Waals surface area contributed by atoms with Gasteiger partial charge in [-0.05, 0) is 75.4 Å². The number of hydrogen-bond acceptors (Lipinski definition) is 4. The predicted octanol–water partition coefficient (Wildman–Crippen LogP) is 7.40. The molecule has 4 nitrogen and oxygen atoms in total. The van der Waals surface area contributed by atoms with Crippen molar-refractivity contribution >= 4 is 23.4 Å². The lowest BCUT2D eigenvalue weighted by Gasteiger charge is -2.34. The Morgan fingerprint density at radius 2 is 1.83 bits per heavy atom. The first kappa shape index (κ1) is 25.0. The highest BCUT2D eigenvalue weighted by Crippen LogP contribution is 2.41. The van der Waals surface area contributed by atoms with Gasteiger partial charge >= 0.3 is 12.1 Å². The van der Waals surface area contributed by atoms with E-state index in [9.17, 15) is 23.1 Å². The summed E-state index contributed by atoms with van der Waals surface area (Å²) < 4.78 is 44.5. The molecule has 0 saturated carbocycles. The summed E-state index contributed by atoms with van der Waals surface area (Å²) in [6.07, 6.45) is -1.68. The number of carboxylic acids is 1. The van der Waals surface area contributed by atoms with Gasteiger partial charge in [0.15, 0.2) is 0 Å². The number of thiazole rings is 1. The van der Waals surface area contributed by atoms with Crippen LogP contribution >= 0.6 is 11.3 Å². The van der Waals surface area contributed by atoms with E-state index in [-0.39, 0.29) is 5.92 Å². The molecule has 0 saturated heterocycles. The van der Waals surface area contributed by atoms with Crippen LogP contribution in [-0.2, 0) is 24.0 Å². The summed E-state index contributed by atoms with van der Waals surface area (Å²) in [5.74, 6) is -0.204. The standard InChI is InChI=1S/C27H26F3NO3S/c1-15-11-19-12-21(10-7-18(19)13-22(15)26(3,4)25(32)33)34-14-23-16(2)31-24(35-23)17-5-8-20(9-6-17)27(28,29)30/h5-12,22H,13-14H2,1-4H3,(H,32,33). The SMILES string of the molecule is CC1=Cc2cc(OCc3sc(-c4ccc(C(F)(F)F)cc4)nc3C)ccc2CC1C(C)(C)C(=O)O. The van der Waals surface area contributed by atoms with E-state index in [0.29, 0.717) is 29.3 Å².